The molecule has 0 saturated heterocycles. The Morgan fingerprint density at radius 3 is 2.82 bits per heavy atom. The first-order valence-electron chi connectivity index (χ1n) is 4.99. The molecule has 1 N–H and O–H groups in total. The van der Waals surface area contributed by atoms with E-state index in [-0.39, 0.29) is 17.4 Å². The molecule has 1 heterocycles. The van der Waals surface area contributed by atoms with Crippen molar-refractivity contribution in [3.63, 3.8) is 0 Å². The fourth-order valence-corrected chi connectivity index (χ4v) is 3.03. The molecule has 0 saturated carbocycles. The molecule has 1 aromatic heterocycles. The summed E-state index contributed by atoms with van der Waals surface area (Å²) in [6.07, 6.45) is 3.49. The Morgan fingerprint density at radius 1 is 1.59 bits per heavy atom. The third kappa shape index (κ3) is 4.07. The van der Waals surface area contributed by atoms with Crippen LogP contribution >= 0.6 is 15.9 Å². The molecule has 1 aromatic rings. The van der Waals surface area contributed by atoms with Crippen LogP contribution in [0.5, 0.6) is 0 Å². The second-order valence-corrected chi connectivity index (χ2v) is 6.06. The molecule has 0 spiro atoms. The molecule has 1 atom stereocenters. The van der Waals surface area contributed by atoms with E-state index < -0.39 is 10.0 Å². The number of hydrogen-bond donors (Lipinski definition) is 1. The highest BCUT2D eigenvalue weighted by molar-refractivity contribution is 9.10. The first-order chi connectivity index (χ1) is 7.99. The highest BCUT2D eigenvalue weighted by Gasteiger charge is 2.19. The quantitative estimate of drug-likeness (QED) is 0.897. The van der Waals surface area contributed by atoms with Crippen molar-refractivity contribution in [3.05, 3.63) is 22.9 Å². The Morgan fingerprint density at radius 2 is 2.29 bits per heavy atom. The molecular formula is C10H12BrN3O2S. The molecule has 0 amide bonds. The van der Waals surface area contributed by atoms with Gasteiger partial charge in [0, 0.05) is 22.9 Å². The standard InChI is InChI=1S/C10H12BrN3O2S/c1-2-9(3-4-12)14-17(15,16)10-5-8(11)6-13-7-10/h5-7,9,14H,2-3H2,1H3. The van der Waals surface area contributed by atoms with Gasteiger partial charge in [-0.05, 0) is 28.4 Å². The molecule has 17 heavy (non-hydrogen) atoms. The largest absolute Gasteiger partial charge is 0.262 e. The number of hydrogen-bond acceptors (Lipinski definition) is 4. The molecule has 1 unspecified atom stereocenters. The summed E-state index contributed by atoms with van der Waals surface area (Å²) >= 11 is 3.16. The van der Waals surface area contributed by atoms with Gasteiger partial charge in [-0.15, -0.1) is 0 Å². The second-order valence-electron chi connectivity index (χ2n) is 3.43. The van der Waals surface area contributed by atoms with E-state index in [2.05, 4.69) is 25.6 Å². The Bertz CT molecular complexity index is 525. The van der Waals surface area contributed by atoms with Crippen LogP contribution < -0.4 is 4.72 Å². The maximum Gasteiger partial charge on any atom is 0.242 e. The van der Waals surface area contributed by atoms with E-state index in [4.69, 9.17) is 5.26 Å². The van der Waals surface area contributed by atoms with Crippen molar-refractivity contribution < 1.29 is 8.42 Å². The molecule has 0 aliphatic heterocycles. The number of nitriles is 1. The van der Waals surface area contributed by atoms with Gasteiger partial charge in [-0.1, -0.05) is 6.92 Å². The molecule has 0 aliphatic rings. The maximum atomic E-state index is 11.9. The van der Waals surface area contributed by atoms with E-state index in [0.29, 0.717) is 10.9 Å². The van der Waals surface area contributed by atoms with Crippen LogP contribution in [0.15, 0.2) is 27.8 Å². The summed E-state index contributed by atoms with van der Waals surface area (Å²) < 4.78 is 27.0. The lowest BCUT2D eigenvalue weighted by atomic mass is 10.2. The molecule has 0 aliphatic carbocycles. The zero-order valence-electron chi connectivity index (χ0n) is 9.22. The van der Waals surface area contributed by atoms with Crippen LogP contribution in [0.4, 0.5) is 0 Å². The number of nitrogens with zero attached hydrogens (tertiary/aromatic N) is 2. The number of sulfonamides is 1. The third-order valence-corrected chi connectivity index (χ3v) is 4.06. The lowest BCUT2D eigenvalue weighted by Gasteiger charge is -2.13. The fraction of sp³-hybridized carbons (Fsp3) is 0.400. The predicted molar refractivity (Wildman–Crippen MR) is 66.6 cm³/mol. The van der Waals surface area contributed by atoms with Gasteiger partial charge in [0.15, 0.2) is 0 Å². The lowest BCUT2D eigenvalue weighted by molar-refractivity contribution is 0.542. The van der Waals surface area contributed by atoms with E-state index >= 15 is 0 Å². The Hall–Kier alpha value is -0.970. The first kappa shape index (κ1) is 14.1. The van der Waals surface area contributed by atoms with Crippen molar-refractivity contribution in [2.45, 2.75) is 30.7 Å². The summed E-state index contributed by atoms with van der Waals surface area (Å²) in [6.45, 7) is 1.82. The van der Waals surface area contributed by atoms with Gasteiger partial charge < -0.3 is 0 Å². The average Bonchev–Trinajstić information content (AvgIpc) is 2.28. The number of halogens is 1. The van der Waals surface area contributed by atoms with E-state index in [0.717, 1.165) is 0 Å². The van der Waals surface area contributed by atoms with Gasteiger partial charge in [0.1, 0.15) is 4.90 Å². The number of rotatable bonds is 5. The van der Waals surface area contributed by atoms with Crippen molar-refractivity contribution >= 4 is 26.0 Å². The smallest absolute Gasteiger partial charge is 0.242 e. The van der Waals surface area contributed by atoms with Crippen LogP contribution in [0.2, 0.25) is 0 Å². The molecular weight excluding hydrogens is 306 g/mol. The van der Waals surface area contributed by atoms with Crippen LogP contribution in [0.25, 0.3) is 0 Å². The van der Waals surface area contributed by atoms with Gasteiger partial charge in [0.2, 0.25) is 10.0 Å². The third-order valence-electron chi connectivity index (χ3n) is 2.14. The highest BCUT2D eigenvalue weighted by Crippen LogP contribution is 2.15. The maximum absolute atomic E-state index is 11.9. The van der Waals surface area contributed by atoms with E-state index in [9.17, 15) is 8.42 Å². The lowest BCUT2D eigenvalue weighted by Crippen LogP contribution is -2.34. The minimum atomic E-state index is -3.61. The van der Waals surface area contributed by atoms with Gasteiger partial charge in [-0.3, -0.25) is 4.98 Å². The van der Waals surface area contributed by atoms with Crippen molar-refractivity contribution in [3.8, 4) is 6.07 Å². The van der Waals surface area contributed by atoms with Crippen molar-refractivity contribution in [2.75, 3.05) is 0 Å². The average molecular weight is 318 g/mol. The van der Waals surface area contributed by atoms with Crippen LogP contribution in [0, 0.1) is 11.3 Å². The van der Waals surface area contributed by atoms with Crippen molar-refractivity contribution in [1.29, 1.82) is 5.26 Å². The zero-order valence-corrected chi connectivity index (χ0v) is 11.6. The first-order valence-corrected chi connectivity index (χ1v) is 7.27. The topological polar surface area (TPSA) is 82.9 Å². The minimum Gasteiger partial charge on any atom is -0.262 e. The van der Waals surface area contributed by atoms with E-state index in [1.807, 2.05) is 13.0 Å². The molecule has 0 bridgehead atoms. The van der Waals surface area contributed by atoms with Gasteiger partial charge in [-0.25, -0.2) is 13.1 Å². The van der Waals surface area contributed by atoms with Crippen LogP contribution in [0.1, 0.15) is 19.8 Å². The van der Waals surface area contributed by atoms with Crippen LogP contribution in [0.3, 0.4) is 0 Å². The minimum absolute atomic E-state index is 0.0864. The molecule has 7 heteroatoms. The number of pyridine rings is 1. The molecule has 5 nitrogen and oxygen atoms in total. The van der Waals surface area contributed by atoms with Gasteiger partial charge in [-0.2, -0.15) is 5.26 Å². The Kier molecular flexibility index (Phi) is 5.05. The summed E-state index contributed by atoms with van der Waals surface area (Å²) in [6, 6.07) is 3.05. The van der Waals surface area contributed by atoms with Gasteiger partial charge in [0.05, 0.1) is 12.5 Å². The second kappa shape index (κ2) is 6.10. The number of aromatic nitrogens is 1. The predicted octanol–water partition coefficient (Wildman–Crippen LogP) is 1.81. The number of nitrogens with one attached hydrogen (secondary N) is 1. The Balaban J connectivity index is 2.93. The van der Waals surface area contributed by atoms with Gasteiger partial charge in [0.25, 0.3) is 0 Å². The molecule has 0 aromatic carbocycles. The molecule has 0 radical (unpaired) electrons. The summed E-state index contributed by atoms with van der Waals surface area (Å²) in [5.74, 6) is 0. The fourth-order valence-electron chi connectivity index (χ4n) is 1.21. The summed E-state index contributed by atoms with van der Waals surface area (Å²) in [7, 11) is -3.61. The van der Waals surface area contributed by atoms with Gasteiger partial charge >= 0.3 is 0 Å². The van der Waals surface area contributed by atoms with E-state index in [1.54, 1.807) is 0 Å². The summed E-state index contributed by atoms with van der Waals surface area (Å²) in [5, 5.41) is 8.57. The monoisotopic (exact) mass is 317 g/mol. The normalized spacial score (nSPS) is 13.0. The van der Waals surface area contributed by atoms with E-state index in [1.165, 1.54) is 18.5 Å². The summed E-state index contributed by atoms with van der Waals surface area (Å²) in [4.78, 5) is 3.88. The molecule has 92 valence electrons. The molecule has 0 fully saturated rings. The van der Waals surface area contributed by atoms with Crippen LogP contribution in [-0.2, 0) is 10.0 Å². The highest BCUT2D eigenvalue weighted by atomic mass is 79.9. The SMILES string of the molecule is CCC(CC#N)NS(=O)(=O)c1cncc(Br)c1. The zero-order chi connectivity index (χ0) is 12.9. The summed E-state index contributed by atoms with van der Waals surface area (Å²) in [5.41, 5.74) is 0. The van der Waals surface area contributed by atoms with Crippen molar-refractivity contribution in [2.24, 2.45) is 0 Å². The Labute approximate surface area is 109 Å². The van der Waals surface area contributed by atoms with Crippen LogP contribution in [-0.4, -0.2) is 19.4 Å². The van der Waals surface area contributed by atoms with Crippen molar-refractivity contribution in [1.82, 2.24) is 9.71 Å². The molecule has 1 rings (SSSR count).